The van der Waals surface area contributed by atoms with Gasteiger partial charge in [0.2, 0.25) is 5.91 Å². The quantitative estimate of drug-likeness (QED) is 0.752. The third-order valence-electron chi connectivity index (χ3n) is 6.89. The summed E-state index contributed by atoms with van der Waals surface area (Å²) in [7, 11) is 1.50. The van der Waals surface area contributed by atoms with Crippen LogP contribution in [0.25, 0.3) is 0 Å². The second-order valence-electron chi connectivity index (χ2n) is 8.91. The summed E-state index contributed by atoms with van der Waals surface area (Å²) in [6, 6.07) is 6.48. The van der Waals surface area contributed by atoms with Crippen molar-refractivity contribution in [1.82, 2.24) is 5.01 Å². The lowest BCUT2D eigenvalue weighted by atomic mass is 9.64. The molecule has 1 saturated carbocycles. The van der Waals surface area contributed by atoms with Crippen molar-refractivity contribution in [2.75, 3.05) is 7.11 Å². The van der Waals surface area contributed by atoms with Crippen LogP contribution in [0.4, 0.5) is 13.2 Å². The standard InChI is InChI=1S/C22H29F3N2O3/c1-5-20(2,3)15-8-11-18-17(13-15)21(29,22(23,24)25)27(26-18)19(28)12-14-6-9-16(30-4)10-7-14/h6-7,9-10,15,17,29H,5,8,11-13H2,1-4H3/t15-,17-,21+/m1/s1. The SMILES string of the molecule is CCC(C)(C)[C@@H]1CCC2=NN(C(=O)Cc3ccc(OC)cc3)[C@@](O)(C(F)(F)F)[C@@H]2C1. The van der Waals surface area contributed by atoms with Crippen LogP contribution in [-0.4, -0.2) is 40.7 Å². The largest absolute Gasteiger partial charge is 0.497 e. The Morgan fingerprint density at radius 3 is 2.47 bits per heavy atom. The molecule has 0 aromatic heterocycles. The maximum atomic E-state index is 14.1. The fourth-order valence-electron chi connectivity index (χ4n) is 4.46. The number of amides is 1. The van der Waals surface area contributed by atoms with E-state index >= 15 is 0 Å². The van der Waals surface area contributed by atoms with Crippen LogP contribution in [0.15, 0.2) is 29.4 Å². The molecule has 3 atom stereocenters. The molecule has 1 heterocycles. The van der Waals surface area contributed by atoms with Crippen LogP contribution in [0.3, 0.4) is 0 Å². The number of nitrogens with zero attached hydrogens (tertiary/aromatic N) is 2. The molecule has 1 aromatic carbocycles. The van der Waals surface area contributed by atoms with Crippen molar-refractivity contribution < 1.29 is 27.8 Å². The number of benzene rings is 1. The van der Waals surface area contributed by atoms with E-state index < -0.39 is 23.7 Å². The van der Waals surface area contributed by atoms with Gasteiger partial charge < -0.3 is 9.84 Å². The fourth-order valence-corrected chi connectivity index (χ4v) is 4.46. The number of halogens is 3. The predicted octanol–water partition coefficient (Wildman–Crippen LogP) is 4.54. The molecule has 0 radical (unpaired) electrons. The molecule has 1 aliphatic carbocycles. The van der Waals surface area contributed by atoms with E-state index in [9.17, 15) is 23.1 Å². The molecule has 0 spiro atoms. The summed E-state index contributed by atoms with van der Waals surface area (Å²) < 4.78 is 47.5. The van der Waals surface area contributed by atoms with Gasteiger partial charge in [0.05, 0.1) is 19.4 Å². The number of aliphatic hydroxyl groups is 1. The van der Waals surface area contributed by atoms with Crippen molar-refractivity contribution in [3.63, 3.8) is 0 Å². The van der Waals surface area contributed by atoms with E-state index in [0.29, 0.717) is 29.2 Å². The van der Waals surface area contributed by atoms with E-state index in [1.165, 1.54) is 7.11 Å². The number of rotatable bonds is 5. The van der Waals surface area contributed by atoms with Gasteiger partial charge in [0, 0.05) is 5.71 Å². The lowest BCUT2D eigenvalue weighted by Gasteiger charge is -2.43. The first-order valence-electron chi connectivity index (χ1n) is 10.3. The van der Waals surface area contributed by atoms with Crippen molar-refractivity contribution in [1.29, 1.82) is 0 Å². The number of hydrogen-bond acceptors (Lipinski definition) is 4. The van der Waals surface area contributed by atoms with Gasteiger partial charge in [-0.15, -0.1) is 0 Å². The number of fused-ring (bicyclic) bond motifs is 1. The first-order chi connectivity index (χ1) is 13.9. The molecule has 2 aliphatic rings. The molecular formula is C22H29F3N2O3. The highest BCUT2D eigenvalue weighted by Gasteiger charge is 2.69. The molecule has 0 saturated heterocycles. The first kappa shape index (κ1) is 22.6. The number of carbonyl (C=O) groups excluding carboxylic acids is 1. The smallest absolute Gasteiger partial charge is 0.439 e. The van der Waals surface area contributed by atoms with Crippen LogP contribution in [0, 0.1) is 17.3 Å². The summed E-state index contributed by atoms with van der Waals surface area (Å²) >= 11 is 0. The van der Waals surface area contributed by atoms with Crippen LogP contribution in [0.1, 0.15) is 52.0 Å². The molecule has 1 fully saturated rings. The monoisotopic (exact) mass is 426 g/mol. The average molecular weight is 426 g/mol. The van der Waals surface area contributed by atoms with Gasteiger partial charge in [0.25, 0.3) is 5.72 Å². The Hall–Kier alpha value is -2.09. The number of hydrogen-bond donors (Lipinski definition) is 1. The number of carbonyl (C=O) groups is 1. The van der Waals surface area contributed by atoms with E-state index in [4.69, 9.17) is 4.74 Å². The molecule has 1 N–H and O–H groups in total. The molecule has 0 bridgehead atoms. The van der Waals surface area contributed by atoms with Gasteiger partial charge in [-0.1, -0.05) is 39.3 Å². The summed E-state index contributed by atoms with van der Waals surface area (Å²) in [5, 5.41) is 15.2. The van der Waals surface area contributed by atoms with Gasteiger partial charge in [-0.3, -0.25) is 4.79 Å². The third kappa shape index (κ3) is 3.82. The van der Waals surface area contributed by atoms with Crippen LogP contribution in [0.5, 0.6) is 5.75 Å². The van der Waals surface area contributed by atoms with E-state index in [1.54, 1.807) is 24.3 Å². The van der Waals surface area contributed by atoms with Crippen molar-refractivity contribution in [3.05, 3.63) is 29.8 Å². The normalized spacial score (nSPS) is 26.9. The van der Waals surface area contributed by atoms with Gasteiger partial charge in [0.1, 0.15) is 5.75 Å². The molecule has 8 heteroatoms. The number of ether oxygens (including phenoxy) is 1. The highest BCUT2D eigenvalue weighted by Crippen LogP contribution is 2.52. The Bertz CT molecular complexity index is 820. The van der Waals surface area contributed by atoms with Gasteiger partial charge in [-0.2, -0.15) is 23.3 Å². The van der Waals surface area contributed by atoms with Crippen molar-refractivity contribution in [2.24, 2.45) is 22.4 Å². The summed E-state index contributed by atoms with van der Waals surface area (Å²) in [5.74, 6) is -1.53. The predicted molar refractivity (Wildman–Crippen MR) is 107 cm³/mol. The van der Waals surface area contributed by atoms with Crippen LogP contribution >= 0.6 is 0 Å². The van der Waals surface area contributed by atoms with E-state index in [2.05, 4.69) is 5.10 Å². The second kappa shape index (κ2) is 7.87. The summed E-state index contributed by atoms with van der Waals surface area (Å²) in [6.07, 6.45) is -3.29. The maximum Gasteiger partial charge on any atom is 0.439 e. The molecule has 3 rings (SSSR count). The lowest BCUT2D eigenvalue weighted by molar-refractivity contribution is -0.318. The van der Waals surface area contributed by atoms with Crippen molar-refractivity contribution in [3.8, 4) is 5.75 Å². The van der Waals surface area contributed by atoms with Crippen LogP contribution in [0.2, 0.25) is 0 Å². The minimum absolute atomic E-state index is 0.0111. The fraction of sp³-hybridized carbons (Fsp3) is 0.636. The molecule has 1 amide bonds. The van der Waals surface area contributed by atoms with Crippen LogP contribution < -0.4 is 4.74 Å². The molecule has 30 heavy (non-hydrogen) atoms. The zero-order chi connectivity index (χ0) is 22.3. The highest BCUT2D eigenvalue weighted by atomic mass is 19.4. The molecule has 0 unspecified atom stereocenters. The highest BCUT2D eigenvalue weighted by molar-refractivity contribution is 5.93. The third-order valence-corrected chi connectivity index (χ3v) is 6.89. The van der Waals surface area contributed by atoms with Gasteiger partial charge in [-0.25, -0.2) is 0 Å². The first-order valence-corrected chi connectivity index (χ1v) is 10.3. The van der Waals surface area contributed by atoms with Crippen LogP contribution in [-0.2, 0) is 11.2 Å². The summed E-state index contributed by atoms with van der Waals surface area (Å²) in [4.78, 5) is 12.8. The minimum atomic E-state index is -5.02. The summed E-state index contributed by atoms with van der Waals surface area (Å²) in [6.45, 7) is 6.08. The molecular weight excluding hydrogens is 397 g/mol. The van der Waals surface area contributed by atoms with Crippen molar-refractivity contribution >= 4 is 11.6 Å². The van der Waals surface area contributed by atoms with Gasteiger partial charge in [-0.05, 0) is 48.3 Å². The van der Waals surface area contributed by atoms with E-state index in [0.717, 1.165) is 6.42 Å². The Morgan fingerprint density at radius 2 is 1.93 bits per heavy atom. The lowest BCUT2D eigenvalue weighted by Crippen LogP contribution is -2.62. The number of methoxy groups -OCH3 is 1. The number of alkyl halides is 3. The van der Waals surface area contributed by atoms with Gasteiger partial charge >= 0.3 is 6.18 Å². The Balaban J connectivity index is 1.89. The number of hydrazone groups is 1. The topological polar surface area (TPSA) is 62.1 Å². The molecule has 1 aliphatic heterocycles. The van der Waals surface area contributed by atoms with Crippen molar-refractivity contribution in [2.45, 2.75) is 64.8 Å². The molecule has 1 aromatic rings. The van der Waals surface area contributed by atoms with E-state index in [-0.39, 0.29) is 29.9 Å². The average Bonchev–Trinajstić information content (AvgIpc) is 3.02. The second-order valence-corrected chi connectivity index (χ2v) is 8.91. The minimum Gasteiger partial charge on any atom is -0.497 e. The molecule has 5 nitrogen and oxygen atoms in total. The zero-order valence-electron chi connectivity index (χ0n) is 17.8. The Kier molecular flexibility index (Phi) is 5.93. The molecule has 166 valence electrons. The van der Waals surface area contributed by atoms with E-state index in [1.807, 2.05) is 20.8 Å². The summed E-state index contributed by atoms with van der Waals surface area (Å²) in [5.41, 5.74) is -2.68. The Morgan fingerprint density at radius 1 is 1.30 bits per heavy atom. The zero-order valence-corrected chi connectivity index (χ0v) is 17.8. The maximum absolute atomic E-state index is 14.1. The van der Waals surface area contributed by atoms with Gasteiger partial charge in [0.15, 0.2) is 0 Å². The Labute approximate surface area is 174 Å².